The molecule has 1 saturated heterocycles. The number of hydrogen-bond donors (Lipinski definition) is 1. The van der Waals surface area contributed by atoms with Crippen LogP contribution in [0.25, 0.3) is 0 Å². The van der Waals surface area contributed by atoms with Crippen molar-refractivity contribution in [2.45, 2.75) is 32.7 Å². The van der Waals surface area contributed by atoms with Crippen LogP contribution in [0.3, 0.4) is 0 Å². The molecule has 0 spiro atoms. The Morgan fingerprint density at radius 2 is 2.24 bits per heavy atom. The van der Waals surface area contributed by atoms with Crippen LogP contribution in [-0.2, 0) is 24.1 Å². The molecule has 4 heterocycles. The number of fused-ring (bicyclic) bond motifs is 1. The second-order valence-corrected chi connectivity index (χ2v) is 7.84. The number of rotatable bonds is 5. The first-order valence-corrected chi connectivity index (χ1v) is 10.1. The zero-order chi connectivity index (χ0) is 17.1. The molecule has 5 nitrogen and oxygen atoms in total. The van der Waals surface area contributed by atoms with Crippen LogP contribution in [0.1, 0.15) is 29.1 Å². The minimum atomic E-state index is 0.699. The maximum absolute atomic E-state index is 5.54. The molecule has 0 aliphatic carbocycles. The monoisotopic (exact) mass is 358 g/mol. The molecule has 1 atom stereocenters. The molecule has 0 saturated carbocycles. The van der Waals surface area contributed by atoms with Gasteiger partial charge in [-0.2, -0.15) is 11.3 Å². The normalized spacial score (nSPS) is 21.1. The Labute approximate surface area is 153 Å². The van der Waals surface area contributed by atoms with E-state index in [0.717, 1.165) is 63.9 Å². The molecule has 2 aliphatic rings. The summed E-state index contributed by atoms with van der Waals surface area (Å²) in [5.74, 6) is 2.59. The summed E-state index contributed by atoms with van der Waals surface area (Å²) >= 11 is 1.74. The molecule has 25 heavy (non-hydrogen) atoms. The maximum atomic E-state index is 5.54. The van der Waals surface area contributed by atoms with Gasteiger partial charge < -0.3 is 15.0 Å². The Morgan fingerprint density at radius 1 is 1.32 bits per heavy atom. The molecule has 0 radical (unpaired) electrons. The fourth-order valence-electron chi connectivity index (χ4n) is 3.77. The van der Waals surface area contributed by atoms with Gasteiger partial charge in [-0.1, -0.05) is 0 Å². The van der Waals surface area contributed by atoms with Crippen LogP contribution >= 0.6 is 11.3 Å². The van der Waals surface area contributed by atoms with E-state index in [4.69, 9.17) is 14.7 Å². The molecule has 0 amide bonds. The van der Waals surface area contributed by atoms with Gasteiger partial charge in [0.2, 0.25) is 0 Å². The highest BCUT2D eigenvalue weighted by molar-refractivity contribution is 7.07. The van der Waals surface area contributed by atoms with Gasteiger partial charge in [0, 0.05) is 44.8 Å². The Kier molecular flexibility index (Phi) is 5.29. The first-order chi connectivity index (χ1) is 12.3. The molecule has 0 bridgehead atoms. The Balaban J connectivity index is 1.46. The van der Waals surface area contributed by atoms with Gasteiger partial charge in [-0.05, 0) is 48.1 Å². The molecule has 1 N–H and O–H groups in total. The van der Waals surface area contributed by atoms with Crippen molar-refractivity contribution in [1.29, 1.82) is 0 Å². The highest BCUT2D eigenvalue weighted by Crippen LogP contribution is 2.24. The number of thiophene rings is 1. The Morgan fingerprint density at radius 3 is 3.04 bits per heavy atom. The molecule has 2 aromatic rings. The minimum absolute atomic E-state index is 0.699. The summed E-state index contributed by atoms with van der Waals surface area (Å²) in [7, 11) is 0. The van der Waals surface area contributed by atoms with Gasteiger partial charge in [0.15, 0.2) is 0 Å². The standard InChI is InChI=1S/C19H26N4OS/c1-14-21-18-3-7-23(11-16-4-8-24-12-16)6-2-17(18)19(22-14)20-10-15-5-9-25-13-15/h5,9,13,16H,2-4,6-8,10-12H2,1H3,(H,20,21,22)/t16-/m1/s1. The lowest BCUT2D eigenvalue weighted by Crippen LogP contribution is -2.32. The van der Waals surface area contributed by atoms with Crippen molar-refractivity contribution in [3.63, 3.8) is 0 Å². The Hall–Kier alpha value is -1.50. The zero-order valence-electron chi connectivity index (χ0n) is 14.8. The number of aryl methyl sites for hydroxylation is 1. The second kappa shape index (κ2) is 7.81. The number of ether oxygens (including phenoxy) is 1. The fourth-order valence-corrected chi connectivity index (χ4v) is 4.44. The molecule has 1 fully saturated rings. The van der Waals surface area contributed by atoms with Crippen LogP contribution in [0, 0.1) is 12.8 Å². The third-order valence-electron chi connectivity index (χ3n) is 5.13. The lowest BCUT2D eigenvalue weighted by molar-refractivity contribution is 0.168. The van der Waals surface area contributed by atoms with E-state index in [-0.39, 0.29) is 0 Å². The predicted molar refractivity (Wildman–Crippen MR) is 101 cm³/mol. The number of nitrogens with zero attached hydrogens (tertiary/aromatic N) is 3. The van der Waals surface area contributed by atoms with Crippen LogP contribution in [0.15, 0.2) is 16.8 Å². The van der Waals surface area contributed by atoms with Crippen LogP contribution in [0.5, 0.6) is 0 Å². The molecule has 134 valence electrons. The second-order valence-electron chi connectivity index (χ2n) is 7.06. The lowest BCUT2D eigenvalue weighted by atomic mass is 10.1. The largest absolute Gasteiger partial charge is 0.381 e. The van der Waals surface area contributed by atoms with E-state index >= 15 is 0 Å². The number of nitrogens with one attached hydrogen (secondary N) is 1. The van der Waals surface area contributed by atoms with Crippen molar-refractivity contribution >= 4 is 17.2 Å². The van der Waals surface area contributed by atoms with Gasteiger partial charge in [0.25, 0.3) is 0 Å². The average Bonchev–Trinajstić information content (AvgIpc) is 3.26. The molecule has 2 aromatic heterocycles. The van der Waals surface area contributed by atoms with Gasteiger partial charge in [0.1, 0.15) is 11.6 Å². The summed E-state index contributed by atoms with van der Waals surface area (Å²) < 4.78 is 5.54. The summed E-state index contributed by atoms with van der Waals surface area (Å²) in [5, 5.41) is 7.85. The van der Waals surface area contributed by atoms with E-state index in [0.29, 0.717) is 5.92 Å². The third-order valence-corrected chi connectivity index (χ3v) is 5.86. The van der Waals surface area contributed by atoms with Crippen molar-refractivity contribution in [2.24, 2.45) is 5.92 Å². The van der Waals surface area contributed by atoms with Crippen LogP contribution in [-0.4, -0.2) is 47.7 Å². The smallest absolute Gasteiger partial charge is 0.133 e. The van der Waals surface area contributed by atoms with Gasteiger partial charge >= 0.3 is 0 Å². The fraction of sp³-hybridized carbons (Fsp3) is 0.579. The maximum Gasteiger partial charge on any atom is 0.133 e. The van der Waals surface area contributed by atoms with Crippen molar-refractivity contribution in [3.8, 4) is 0 Å². The first-order valence-electron chi connectivity index (χ1n) is 9.19. The van der Waals surface area contributed by atoms with Crippen molar-refractivity contribution in [2.75, 3.05) is 38.2 Å². The van der Waals surface area contributed by atoms with E-state index in [2.05, 4.69) is 27.0 Å². The number of hydrogen-bond acceptors (Lipinski definition) is 6. The highest BCUT2D eigenvalue weighted by Gasteiger charge is 2.23. The molecular formula is C19H26N4OS. The van der Waals surface area contributed by atoms with Gasteiger partial charge in [-0.15, -0.1) is 0 Å². The summed E-state index contributed by atoms with van der Waals surface area (Å²) in [5.41, 5.74) is 3.85. The minimum Gasteiger partial charge on any atom is -0.381 e. The predicted octanol–water partition coefficient (Wildman–Crippen LogP) is 2.90. The molecule has 0 unspecified atom stereocenters. The van der Waals surface area contributed by atoms with E-state index < -0.39 is 0 Å². The SMILES string of the molecule is Cc1nc2c(c(NCc3ccsc3)n1)CCN(C[C@H]1CCOC1)CC2. The van der Waals surface area contributed by atoms with Gasteiger partial charge in [-0.3, -0.25) is 0 Å². The van der Waals surface area contributed by atoms with Gasteiger partial charge in [-0.25, -0.2) is 9.97 Å². The zero-order valence-corrected chi connectivity index (χ0v) is 15.6. The molecule has 0 aromatic carbocycles. The number of aromatic nitrogens is 2. The van der Waals surface area contributed by atoms with E-state index in [1.807, 2.05) is 6.92 Å². The molecule has 6 heteroatoms. The highest BCUT2D eigenvalue weighted by atomic mass is 32.1. The van der Waals surface area contributed by atoms with Crippen molar-refractivity contribution in [3.05, 3.63) is 39.5 Å². The summed E-state index contributed by atoms with van der Waals surface area (Å²) in [6, 6.07) is 2.16. The van der Waals surface area contributed by atoms with E-state index in [1.54, 1.807) is 11.3 Å². The lowest BCUT2D eigenvalue weighted by Gasteiger charge is -2.22. The van der Waals surface area contributed by atoms with E-state index in [9.17, 15) is 0 Å². The first kappa shape index (κ1) is 16.9. The Bertz CT molecular complexity index is 698. The quantitative estimate of drug-likeness (QED) is 0.891. The molecule has 2 aliphatic heterocycles. The molecular weight excluding hydrogens is 332 g/mol. The topological polar surface area (TPSA) is 50.3 Å². The van der Waals surface area contributed by atoms with Gasteiger partial charge in [0.05, 0.1) is 12.3 Å². The van der Waals surface area contributed by atoms with Crippen LogP contribution in [0.2, 0.25) is 0 Å². The van der Waals surface area contributed by atoms with Crippen LogP contribution in [0.4, 0.5) is 5.82 Å². The summed E-state index contributed by atoms with van der Waals surface area (Å²) in [6.45, 7) is 8.00. The van der Waals surface area contributed by atoms with Crippen molar-refractivity contribution < 1.29 is 4.74 Å². The van der Waals surface area contributed by atoms with E-state index in [1.165, 1.54) is 23.2 Å². The summed E-state index contributed by atoms with van der Waals surface area (Å²) in [6.07, 6.45) is 3.24. The van der Waals surface area contributed by atoms with Crippen LogP contribution < -0.4 is 5.32 Å². The molecule has 4 rings (SSSR count). The van der Waals surface area contributed by atoms with Crippen molar-refractivity contribution in [1.82, 2.24) is 14.9 Å². The average molecular weight is 359 g/mol. The third kappa shape index (κ3) is 4.19. The summed E-state index contributed by atoms with van der Waals surface area (Å²) in [4.78, 5) is 12.0. The number of anilines is 1.